The van der Waals surface area contributed by atoms with Gasteiger partial charge in [0.15, 0.2) is 10.9 Å². The Bertz CT molecular complexity index is 1480. The Balaban J connectivity index is 1.12. The quantitative estimate of drug-likeness (QED) is 0.273. The minimum Gasteiger partial charge on any atom is -0.493 e. The van der Waals surface area contributed by atoms with E-state index in [-0.39, 0.29) is 16.9 Å². The van der Waals surface area contributed by atoms with E-state index >= 15 is 0 Å². The van der Waals surface area contributed by atoms with Crippen molar-refractivity contribution < 1.29 is 18.7 Å². The molecule has 0 aliphatic carbocycles. The molecule has 8 nitrogen and oxygen atoms in total. The Morgan fingerprint density at radius 3 is 2.44 bits per heavy atom. The van der Waals surface area contributed by atoms with Gasteiger partial charge >= 0.3 is 0 Å². The van der Waals surface area contributed by atoms with Gasteiger partial charge in [0.25, 0.3) is 11.8 Å². The van der Waals surface area contributed by atoms with Crippen molar-refractivity contribution in [1.29, 1.82) is 0 Å². The first-order valence-corrected chi connectivity index (χ1v) is 13.8. The first kappa shape index (κ1) is 26.7. The van der Waals surface area contributed by atoms with Gasteiger partial charge in [-0.2, -0.15) is 0 Å². The van der Waals surface area contributed by atoms with Crippen molar-refractivity contribution in [3.8, 4) is 5.75 Å². The maximum atomic E-state index is 12.9. The maximum absolute atomic E-state index is 12.9. The molecule has 4 aromatic rings. The smallest absolute Gasteiger partial charge is 0.289 e. The number of piperazine rings is 1. The number of fused-ring (bicyclic) bond motifs is 1. The van der Waals surface area contributed by atoms with Crippen LogP contribution in [0.2, 0.25) is 0 Å². The SMILES string of the molecule is CCOc1ccc(C(=O)NC(=S)Nc2ccc(N3CCN(C(=O)c4cc5ccccc5o4)CC3)cc2)cc1Br. The number of nitrogens with zero attached hydrogens (tertiary/aromatic N) is 2. The van der Waals surface area contributed by atoms with Crippen molar-refractivity contribution in [3.05, 3.63) is 88.6 Å². The lowest BCUT2D eigenvalue weighted by molar-refractivity contribution is 0.0717. The van der Waals surface area contributed by atoms with Crippen LogP contribution >= 0.6 is 28.1 Å². The molecule has 39 heavy (non-hydrogen) atoms. The van der Waals surface area contributed by atoms with Crippen LogP contribution in [0.25, 0.3) is 11.0 Å². The molecule has 0 spiro atoms. The summed E-state index contributed by atoms with van der Waals surface area (Å²) in [5.74, 6) is 0.647. The molecule has 10 heteroatoms. The summed E-state index contributed by atoms with van der Waals surface area (Å²) in [6.07, 6.45) is 0. The Morgan fingerprint density at radius 1 is 1.00 bits per heavy atom. The number of hydrogen-bond donors (Lipinski definition) is 2. The number of nitrogens with one attached hydrogen (secondary N) is 2. The van der Waals surface area contributed by atoms with Gasteiger partial charge in [0.05, 0.1) is 11.1 Å². The fourth-order valence-corrected chi connectivity index (χ4v) is 5.12. The van der Waals surface area contributed by atoms with E-state index in [1.807, 2.05) is 60.4 Å². The number of carbonyl (C=O) groups is 2. The largest absolute Gasteiger partial charge is 0.493 e. The molecular formula is C29H27BrN4O4S. The number of para-hydroxylation sites is 1. The van der Waals surface area contributed by atoms with Crippen LogP contribution in [-0.2, 0) is 0 Å². The fourth-order valence-electron chi connectivity index (χ4n) is 4.42. The Hall–Kier alpha value is -3.89. The zero-order valence-electron chi connectivity index (χ0n) is 21.3. The van der Waals surface area contributed by atoms with Crippen molar-refractivity contribution in [2.24, 2.45) is 0 Å². The summed E-state index contributed by atoms with van der Waals surface area (Å²) in [6.45, 7) is 5.07. The summed E-state index contributed by atoms with van der Waals surface area (Å²) in [5.41, 5.74) is 2.99. The lowest BCUT2D eigenvalue weighted by atomic mass is 10.2. The third kappa shape index (κ3) is 6.23. The maximum Gasteiger partial charge on any atom is 0.289 e. The second kappa shape index (κ2) is 11.9. The van der Waals surface area contributed by atoms with E-state index in [2.05, 4.69) is 31.5 Å². The molecule has 0 radical (unpaired) electrons. The number of rotatable bonds is 6. The van der Waals surface area contributed by atoms with Crippen LogP contribution in [0.4, 0.5) is 11.4 Å². The molecule has 0 atom stereocenters. The van der Waals surface area contributed by atoms with Crippen molar-refractivity contribution >= 4 is 67.4 Å². The molecule has 1 aromatic heterocycles. The highest BCUT2D eigenvalue weighted by molar-refractivity contribution is 9.10. The number of amides is 2. The van der Waals surface area contributed by atoms with E-state index in [1.165, 1.54) is 0 Å². The molecule has 1 saturated heterocycles. The normalized spacial score (nSPS) is 13.3. The first-order chi connectivity index (χ1) is 18.9. The van der Waals surface area contributed by atoms with Crippen molar-refractivity contribution in [2.45, 2.75) is 6.92 Å². The molecule has 1 fully saturated rings. The molecule has 200 valence electrons. The fraction of sp³-hybridized carbons (Fsp3) is 0.207. The van der Waals surface area contributed by atoms with Crippen molar-refractivity contribution in [3.63, 3.8) is 0 Å². The summed E-state index contributed by atoms with van der Waals surface area (Å²) < 4.78 is 11.9. The average molecular weight is 608 g/mol. The number of halogens is 1. The van der Waals surface area contributed by atoms with E-state index < -0.39 is 0 Å². The topological polar surface area (TPSA) is 87.0 Å². The van der Waals surface area contributed by atoms with Gasteiger partial charge in [0.2, 0.25) is 0 Å². The molecule has 0 bridgehead atoms. The van der Waals surface area contributed by atoms with Crippen LogP contribution in [0.5, 0.6) is 5.75 Å². The number of anilines is 2. The number of benzene rings is 3. The van der Waals surface area contributed by atoms with E-state index in [0.29, 0.717) is 54.3 Å². The van der Waals surface area contributed by atoms with E-state index in [9.17, 15) is 9.59 Å². The van der Waals surface area contributed by atoms with E-state index in [0.717, 1.165) is 22.3 Å². The summed E-state index contributed by atoms with van der Waals surface area (Å²) in [7, 11) is 0. The monoisotopic (exact) mass is 606 g/mol. The first-order valence-electron chi connectivity index (χ1n) is 12.6. The summed E-state index contributed by atoms with van der Waals surface area (Å²) in [5, 5.41) is 6.89. The van der Waals surface area contributed by atoms with Gasteiger partial charge < -0.3 is 24.3 Å². The Labute approximate surface area is 240 Å². The number of thiocarbonyl (C=S) groups is 1. The molecular weight excluding hydrogens is 580 g/mol. The minimum atomic E-state index is -0.317. The lowest BCUT2D eigenvalue weighted by Crippen LogP contribution is -2.48. The second-order valence-electron chi connectivity index (χ2n) is 8.96. The summed E-state index contributed by atoms with van der Waals surface area (Å²) in [6, 6.07) is 22.4. The molecule has 3 aromatic carbocycles. The number of hydrogen-bond acceptors (Lipinski definition) is 6. The number of furan rings is 1. The number of ether oxygens (including phenoxy) is 1. The van der Waals surface area contributed by atoms with Gasteiger partial charge in [-0.05, 0) is 89.7 Å². The van der Waals surface area contributed by atoms with Crippen LogP contribution in [0.1, 0.15) is 27.8 Å². The molecule has 2 heterocycles. The minimum absolute atomic E-state index is 0.0847. The zero-order chi connectivity index (χ0) is 27.4. The zero-order valence-corrected chi connectivity index (χ0v) is 23.7. The molecule has 0 unspecified atom stereocenters. The van der Waals surface area contributed by atoms with E-state index in [4.69, 9.17) is 21.4 Å². The van der Waals surface area contributed by atoms with Gasteiger partial charge in [-0.3, -0.25) is 14.9 Å². The summed E-state index contributed by atoms with van der Waals surface area (Å²) >= 11 is 8.76. The average Bonchev–Trinajstić information content (AvgIpc) is 3.39. The predicted octanol–water partition coefficient (Wildman–Crippen LogP) is 5.68. The van der Waals surface area contributed by atoms with E-state index in [1.54, 1.807) is 24.3 Å². The molecule has 1 aliphatic heterocycles. The van der Waals surface area contributed by atoms with Gasteiger partial charge in [0.1, 0.15) is 11.3 Å². The molecule has 2 N–H and O–H groups in total. The van der Waals surface area contributed by atoms with Crippen LogP contribution in [-0.4, -0.2) is 54.6 Å². The highest BCUT2D eigenvalue weighted by Crippen LogP contribution is 2.26. The van der Waals surface area contributed by atoms with Gasteiger partial charge in [-0.15, -0.1) is 0 Å². The standard InChI is InChI=1S/C29H27BrN4O4S/c1-2-37-25-12-7-20(17-23(25)30)27(35)32-29(39)31-21-8-10-22(11-9-21)33-13-15-34(16-14-33)28(36)26-18-19-5-3-4-6-24(19)38-26/h3-12,17-18H,2,13-16H2,1H3,(H2,31,32,35,39). The van der Waals surface area contributed by atoms with Crippen molar-refractivity contribution in [1.82, 2.24) is 10.2 Å². The van der Waals surface area contributed by atoms with Crippen LogP contribution < -0.4 is 20.3 Å². The highest BCUT2D eigenvalue weighted by Gasteiger charge is 2.24. The Morgan fingerprint density at radius 2 is 1.74 bits per heavy atom. The van der Waals surface area contributed by atoms with Crippen LogP contribution in [0, 0.1) is 0 Å². The van der Waals surface area contributed by atoms with Crippen LogP contribution in [0.3, 0.4) is 0 Å². The Kier molecular flexibility index (Phi) is 8.13. The van der Waals surface area contributed by atoms with Crippen LogP contribution in [0.15, 0.2) is 81.7 Å². The highest BCUT2D eigenvalue weighted by atomic mass is 79.9. The molecule has 0 saturated carbocycles. The second-order valence-corrected chi connectivity index (χ2v) is 10.2. The third-order valence-electron chi connectivity index (χ3n) is 6.41. The molecule has 1 aliphatic rings. The molecule has 5 rings (SSSR count). The van der Waals surface area contributed by atoms with Gasteiger partial charge in [-0.1, -0.05) is 18.2 Å². The van der Waals surface area contributed by atoms with Gasteiger partial charge in [0, 0.05) is 48.5 Å². The molecule has 2 amide bonds. The van der Waals surface area contributed by atoms with Crippen molar-refractivity contribution in [2.75, 3.05) is 43.0 Å². The summed E-state index contributed by atoms with van der Waals surface area (Å²) in [4.78, 5) is 29.6. The lowest BCUT2D eigenvalue weighted by Gasteiger charge is -2.35. The predicted molar refractivity (Wildman–Crippen MR) is 160 cm³/mol. The third-order valence-corrected chi connectivity index (χ3v) is 7.24. The van der Waals surface area contributed by atoms with Gasteiger partial charge in [-0.25, -0.2) is 0 Å². The number of carbonyl (C=O) groups excluding carboxylic acids is 2.